The van der Waals surface area contributed by atoms with Gasteiger partial charge in [-0.3, -0.25) is 4.79 Å². The third kappa shape index (κ3) is 2.94. The summed E-state index contributed by atoms with van der Waals surface area (Å²) in [4.78, 5) is 14.4. The van der Waals surface area contributed by atoms with E-state index in [1.165, 1.54) is 36.8 Å². The summed E-state index contributed by atoms with van der Waals surface area (Å²) in [5.74, 6) is 1.76. The summed E-state index contributed by atoms with van der Waals surface area (Å²) in [5.41, 5.74) is 4.84. The lowest BCUT2D eigenvalue weighted by Crippen LogP contribution is -2.58. The number of fused-ring (bicyclic) bond motifs is 5. The summed E-state index contributed by atoms with van der Waals surface area (Å²) in [6.07, 6.45) is 5.77. The molecule has 3 heterocycles. The fourth-order valence-corrected chi connectivity index (χ4v) is 6.41. The minimum Gasteiger partial charge on any atom is -0.496 e. The van der Waals surface area contributed by atoms with E-state index in [2.05, 4.69) is 53.1 Å². The van der Waals surface area contributed by atoms with E-state index in [0.29, 0.717) is 18.0 Å². The highest BCUT2D eigenvalue weighted by molar-refractivity contribution is 6.01. The summed E-state index contributed by atoms with van der Waals surface area (Å²) in [6, 6.07) is 16.3. The first-order valence-corrected chi connectivity index (χ1v) is 11.7. The van der Waals surface area contributed by atoms with Crippen LogP contribution in [0.25, 0.3) is 0 Å². The standard InChI is InChI=1S/C26H31N3O2/c1-29-22-12-16(23(31-2)14-20(22)19-13-21(19)25(29)30)15-27-24-9-8-18-10-11-26(24,28-18)17-6-4-3-5-7-17/h3-7,12,14,18-19,21,24,27-28H,8-11,13,15H2,1-2H3/t18?,19-,21-,24?,26?/m1/s1. The van der Waals surface area contributed by atoms with Crippen molar-refractivity contribution in [3.05, 3.63) is 59.2 Å². The normalized spacial score (nSPS) is 33.1. The van der Waals surface area contributed by atoms with Gasteiger partial charge in [0.25, 0.3) is 0 Å². The summed E-state index contributed by atoms with van der Waals surface area (Å²) in [5, 5.41) is 7.85. The quantitative estimate of drug-likeness (QED) is 0.779. The molecule has 0 radical (unpaired) electrons. The Morgan fingerprint density at radius 2 is 2.00 bits per heavy atom. The SMILES string of the molecule is COc1cc2c(cc1CNC1CCC3CCC1(c1ccccc1)N3)N(C)C(=O)[C@@H]1C[C@H]21. The first kappa shape index (κ1) is 19.3. The van der Waals surface area contributed by atoms with Gasteiger partial charge in [0.1, 0.15) is 5.75 Å². The molecule has 0 spiro atoms. The molecule has 31 heavy (non-hydrogen) atoms. The van der Waals surface area contributed by atoms with E-state index >= 15 is 0 Å². The van der Waals surface area contributed by atoms with Crippen LogP contribution >= 0.6 is 0 Å². The molecule has 5 atom stereocenters. The number of ether oxygens (including phenoxy) is 1. The number of hydrogen-bond donors (Lipinski definition) is 2. The van der Waals surface area contributed by atoms with Gasteiger partial charge < -0.3 is 20.3 Å². The second kappa shape index (κ2) is 7.07. The Morgan fingerprint density at radius 3 is 2.81 bits per heavy atom. The molecular weight excluding hydrogens is 386 g/mol. The molecule has 5 heteroatoms. The van der Waals surface area contributed by atoms with Gasteiger partial charge in [-0.05, 0) is 61.3 Å². The van der Waals surface area contributed by atoms with Crippen LogP contribution in [0.2, 0.25) is 0 Å². The molecule has 0 aromatic heterocycles. The number of methoxy groups -OCH3 is 1. The van der Waals surface area contributed by atoms with Crippen molar-refractivity contribution in [3.8, 4) is 5.75 Å². The van der Waals surface area contributed by atoms with E-state index in [9.17, 15) is 4.79 Å². The molecule has 2 N–H and O–H groups in total. The summed E-state index contributed by atoms with van der Waals surface area (Å²) in [6.45, 7) is 0.734. The molecule has 2 aromatic rings. The van der Waals surface area contributed by atoms with E-state index in [-0.39, 0.29) is 17.4 Å². The molecule has 2 saturated heterocycles. The number of hydrogen-bond acceptors (Lipinski definition) is 4. The lowest BCUT2D eigenvalue weighted by Gasteiger charge is -2.43. The van der Waals surface area contributed by atoms with Crippen LogP contribution in [0.1, 0.15) is 54.7 Å². The molecule has 162 valence electrons. The van der Waals surface area contributed by atoms with Crippen LogP contribution in [0, 0.1) is 5.92 Å². The van der Waals surface area contributed by atoms with Gasteiger partial charge in [-0.2, -0.15) is 0 Å². The predicted molar refractivity (Wildman–Crippen MR) is 121 cm³/mol. The Morgan fingerprint density at radius 1 is 1.16 bits per heavy atom. The maximum atomic E-state index is 12.6. The van der Waals surface area contributed by atoms with E-state index < -0.39 is 0 Å². The molecule has 3 fully saturated rings. The summed E-state index contributed by atoms with van der Waals surface area (Å²) >= 11 is 0. The first-order chi connectivity index (χ1) is 15.1. The molecule has 5 nitrogen and oxygen atoms in total. The van der Waals surface area contributed by atoms with Gasteiger partial charge in [0, 0.05) is 42.8 Å². The third-order valence-corrected chi connectivity index (χ3v) is 8.20. The van der Waals surface area contributed by atoms with Crippen molar-refractivity contribution in [1.82, 2.24) is 10.6 Å². The monoisotopic (exact) mass is 417 g/mol. The highest BCUT2D eigenvalue weighted by atomic mass is 16.5. The van der Waals surface area contributed by atoms with Crippen LogP contribution in [-0.2, 0) is 16.9 Å². The lowest BCUT2D eigenvalue weighted by molar-refractivity contribution is -0.119. The van der Waals surface area contributed by atoms with Crippen LogP contribution in [0.5, 0.6) is 5.75 Å². The van der Waals surface area contributed by atoms with Crippen molar-refractivity contribution in [2.24, 2.45) is 5.92 Å². The first-order valence-electron chi connectivity index (χ1n) is 11.7. The Labute approximate surface area is 184 Å². The van der Waals surface area contributed by atoms with Gasteiger partial charge in [-0.15, -0.1) is 0 Å². The zero-order valence-corrected chi connectivity index (χ0v) is 18.4. The average Bonchev–Trinajstić information content (AvgIpc) is 3.54. The molecular formula is C26H31N3O2. The Kier molecular flexibility index (Phi) is 4.41. The molecule has 3 aliphatic heterocycles. The molecule has 1 aliphatic carbocycles. The van der Waals surface area contributed by atoms with Crippen molar-refractivity contribution < 1.29 is 9.53 Å². The molecule has 2 bridgehead atoms. The van der Waals surface area contributed by atoms with Crippen LogP contribution in [-0.4, -0.2) is 32.1 Å². The largest absolute Gasteiger partial charge is 0.496 e. The number of rotatable bonds is 5. The van der Waals surface area contributed by atoms with Crippen molar-refractivity contribution >= 4 is 11.6 Å². The van der Waals surface area contributed by atoms with Gasteiger partial charge >= 0.3 is 0 Å². The molecule has 6 rings (SSSR count). The van der Waals surface area contributed by atoms with Gasteiger partial charge in [0.15, 0.2) is 0 Å². The van der Waals surface area contributed by atoms with Crippen LogP contribution in [0.15, 0.2) is 42.5 Å². The van der Waals surface area contributed by atoms with Gasteiger partial charge in [0.2, 0.25) is 5.91 Å². The fourth-order valence-electron chi connectivity index (χ4n) is 6.41. The Hall–Kier alpha value is -2.37. The van der Waals surface area contributed by atoms with E-state index in [1.807, 2.05) is 11.9 Å². The highest BCUT2D eigenvalue weighted by Crippen LogP contribution is 2.56. The predicted octanol–water partition coefficient (Wildman–Crippen LogP) is 3.67. The molecule has 1 amide bonds. The smallest absolute Gasteiger partial charge is 0.230 e. The zero-order valence-electron chi connectivity index (χ0n) is 18.4. The average molecular weight is 418 g/mol. The van der Waals surface area contributed by atoms with Crippen molar-refractivity contribution in [1.29, 1.82) is 0 Å². The van der Waals surface area contributed by atoms with Crippen LogP contribution in [0.3, 0.4) is 0 Å². The maximum absolute atomic E-state index is 12.6. The minimum atomic E-state index is -0.000386. The molecule has 3 unspecified atom stereocenters. The number of carbonyl (C=O) groups is 1. The summed E-state index contributed by atoms with van der Waals surface area (Å²) in [7, 11) is 3.66. The highest BCUT2D eigenvalue weighted by Gasteiger charge is 2.51. The van der Waals surface area contributed by atoms with Crippen molar-refractivity contribution in [2.75, 3.05) is 19.1 Å². The molecule has 2 aromatic carbocycles. The maximum Gasteiger partial charge on any atom is 0.230 e. The number of nitrogens with one attached hydrogen (secondary N) is 2. The van der Waals surface area contributed by atoms with E-state index in [0.717, 1.165) is 30.0 Å². The van der Waals surface area contributed by atoms with Crippen LogP contribution < -0.4 is 20.3 Å². The number of carbonyl (C=O) groups excluding carboxylic acids is 1. The number of amides is 1. The Bertz CT molecular complexity index is 1020. The fraction of sp³-hybridized carbons (Fsp3) is 0.500. The van der Waals surface area contributed by atoms with Crippen LogP contribution in [0.4, 0.5) is 5.69 Å². The van der Waals surface area contributed by atoms with Crippen molar-refractivity contribution in [2.45, 2.75) is 62.2 Å². The van der Waals surface area contributed by atoms with Gasteiger partial charge in [0.05, 0.1) is 12.6 Å². The topological polar surface area (TPSA) is 53.6 Å². The summed E-state index contributed by atoms with van der Waals surface area (Å²) < 4.78 is 5.79. The number of nitrogens with zero attached hydrogens (tertiary/aromatic N) is 1. The van der Waals surface area contributed by atoms with Gasteiger partial charge in [-0.25, -0.2) is 0 Å². The Balaban J connectivity index is 1.29. The number of anilines is 1. The van der Waals surface area contributed by atoms with E-state index in [4.69, 9.17) is 4.74 Å². The third-order valence-electron chi connectivity index (χ3n) is 8.20. The second-order valence-corrected chi connectivity index (χ2v) is 9.80. The number of piperidine rings is 1. The zero-order chi connectivity index (χ0) is 21.2. The molecule has 1 saturated carbocycles. The molecule has 4 aliphatic rings. The van der Waals surface area contributed by atoms with Crippen molar-refractivity contribution in [3.63, 3.8) is 0 Å². The number of benzene rings is 2. The minimum absolute atomic E-state index is 0.000386. The van der Waals surface area contributed by atoms with Gasteiger partial charge in [-0.1, -0.05) is 30.3 Å². The van der Waals surface area contributed by atoms with E-state index in [1.54, 1.807) is 7.11 Å². The second-order valence-electron chi connectivity index (χ2n) is 9.80. The lowest BCUT2D eigenvalue weighted by atomic mass is 9.79.